The van der Waals surface area contributed by atoms with Crippen LogP contribution in [0.5, 0.6) is 0 Å². The van der Waals surface area contributed by atoms with Crippen molar-refractivity contribution in [3.63, 3.8) is 0 Å². The highest BCUT2D eigenvalue weighted by Gasteiger charge is 2.28. The van der Waals surface area contributed by atoms with Crippen LogP contribution in [0.1, 0.15) is 24.8 Å². The molecule has 4 heteroatoms. The van der Waals surface area contributed by atoms with E-state index in [1.54, 1.807) is 6.08 Å². The van der Waals surface area contributed by atoms with Gasteiger partial charge in [0.1, 0.15) is 6.10 Å². The van der Waals surface area contributed by atoms with Crippen molar-refractivity contribution in [2.75, 3.05) is 13.2 Å². The van der Waals surface area contributed by atoms with Crippen LogP contribution < -0.4 is 0 Å². The first kappa shape index (κ1) is 16.2. The molecule has 3 atom stereocenters. The third-order valence-corrected chi connectivity index (χ3v) is 3.42. The molecule has 4 nitrogen and oxygen atoms in total. The first-order valence-electron chi connectivity index (χ1n) is 7.47. The third-order valence-electron chi connectivity index (χ3n) is 3.42. The monoisotopic (exact) mass is 292 g/mol. The van der Waals surface area contributed by atoms with Crippen molar-refractivity contribution in [1.29, 1.82) is 0 Å². The molecule has 0 aromatic heterocycles. The minimum absolute atomic E-state index is 0.0881. The normalized spacial score (nSPS) is 23.7. The quantitative estimate of drug-likeness (QED) is 0.748. The van der Waals surface area contributed by atoms with Crippen LogP contribution in [0, 0.1) is 0 Å². The summed E-state index contributed by atoms with van der Waals surface area (Å²) in [5, 5.41) is 9.68. The molecule has 1 heterocycles. The van der Waals surface area contributed by atoms with Crippen LogP contribution in [-0.2, 0) is 20.8 Å². The van der Waals surface area contributed by atoms with E-state index in [1.165, 1.54) is 0 Å². The van der Waals surface area contributed by atoms with Crippen LogP contribution in [0.2, 0.25) is 0 Å². The van der Waals surface area contributed by atoms with Crippen LogP contribution >= 0.6 is 0 Å². The summed E-state index contributed by atoms with van der Waals surface area (Å²) < 4.78 is 17.2. The zero-order valence-corrected chi connectivity index (χ0v) is 12.3. The van der Waals surface area contributed by atoms with Crippen LogP contribution in [0.4, 0.5) is 0 Å². The molecule has 1 aromatic carbocycles. The molecule has 21 heavy (non-hydrogen) atoms. The Kier molecular flexibility index (Phi) is 6.89. The Hall–Kier alpha value is -1.20. The molecule has 1 aliphatic rings. The fraction of sp³-hybridized carbons (Fsp3) is 0.529. The second-order valence-electron chi connectivity index (χ2n) is 5.23. The maximum absolute atomic E-state index is 9.68. The molecule has 0 saturated carbocycles. The van der Waals surface area contributed by atoms with Crippen molar-refractivity contribution in [2.45, 2.75) is 44.4 Å². The summed E-state index contributed by atoms with van der Waals surface area (Å²) in [6, 6.07) is 10.0. The molecule has 0 amide bonds. The highest BCUT2D eigenvalue weighted by molar-refractivity contribution is 5.13. The number of aliphatic hydroxyl groups excluding tert-OH is 1. The zero-order valence-electron chi connectivity index (χ0n) is 12.3. The summed E-state index contributed by atoms with van der Waals surface area (Å²) in [6.07, 6.45) is 3.05. The number of hydrogen-bond acceptors (Lipinski definition) is 4. The van der Waals surface area contributed by atoms with Gasteiger partial charge in [-0.1, -0.05) is 36.4 Å². The summed E-state index contributed by atoms with van der Waals surface area (Å²) in [5.74, 6) is 0. The number of rotatable bonds is 8. The number of ether oxygens (including phenoxy) is 3. The van der Waals surface area contributed by atoms with Crippen molar-refractivity contribution in [3.05, 3.63) is 48.6 Å². The SMILES string of the molecule is C=CC[C@H](O)CO[C@@H]1OCCC[C@H]1OCc1ccccc1. The van der Waals surface area contributed by atoms with E-state index in [2.05, 4.69) is 6.58 Å². The maximum atomic E-state index is 9.68. The smallest absolute Gasteiger partial charge is 0.183 e. The van der Waals surface area contributed by atoms with Gasteiger partial charge < -0.3 is 19.3 Å². The highest BCUT2D eigenvalue weighted by Crippen LogP contribution is 2.20. The molecule has 1 aliphatic heterocycles. The first-order chi connectivity index (χ1) is 10.3. The van der Waals surface area contributed by atoms with Crippen molar-refractivity contribution in [3.8, 4) is 0 Å². The molecule has 0 radical (unpaired) electrons. The van der Waals surface area contributed by atoms with Crippen LogP contribution in [0.25, 0.3) is 0 Å². The van der Waals surface area contributed by atoms with Gasteiger partial charge in [0.2, 0.25) is 0 Å². The molecule has 1 fully saturated rings. The van der Waals surface area contributed by atoms with E-state index in [4.69, 9.17) is 14.2 Å². The molecule has 116 valence electrons. The molecule has 0 bridgehead atoms. The lowest BCUT2D eigenvalue weighted by atomic mass is 10.1. The zero-order chi connectivity index (χ0) is 14.9. The molecule has 0 unspecified atom stereocenters. The molecule has 1 saturated heterocycles. The molecule has 1 N–H and O–H groups in total. The predicted molar refractivity (Wildman–Crippen MR) is 80.8 cm³/mol. The Morgan fingerprint density at radius 3 is 2.90 bits per heavy atom. The lowest BCUT2D eigenvalue weighted by Gasteiger charge is -2.32. The number of aliphatic hydroxyl groups is 1. The van der Waals surface area contributed by atoms with Crippen molar-refractivity contribution in [2.24, 2.45) is 0 Å². The minimum Gasteiger partial charge on any atom is -0.390 e. The van der Waals surface area contributed by atoms with E-state index < -0.39 is 12.4 Å². The summed E-state index contributed by atoms with van der Waals surface area (Å²) in [5.41, 5.74) is 1.13. The summed E-state index contributed by atoms with van der Waals surface area (Å²) >= 11 is 0. The number of hydrogen-bond donors (Lipinski definition) is 1. The van der Waals surface area contributed by atoms with Crippen LogP contribution in [0.15, 0.2) is 43.0 Å². The lowest BCUT2D eigenvalue weighted by Crippen LogP contribution is -2.39. The standard InChI is InChI=1S/C17H24O4/c1-2-7-15(18)13-21-17-16(10-6-11-19-17)20-12-14-8-4-3-5-9-14/h2-5,8-9,15-18H,1,6-7,10-13H2/t15-,16+,17-/m0/s1. The summed E-state index contributed by atoms with van der Waals surface area (Å²) in [4.78, 5) is 0. The minimum atomic E-state index is -0.539. The average molecular weight is 292 g/mol. The van der Waals surface area contributed by atoms with Crippen LogP contribution in [-0.4, -0.2) is 36.8 Å². The summed E-state index contributed by atoms with van der Waals surface area (Å²) in [6.45, 7) is 5.06. The van der Waals surface area contributed by atoms with Gasteiger partial charge in [0.15, 0.2) is 6.29 Å². The Bertz CT molecular complexity index is 407. The Balaban J connectivity index is 1.79. The van der Waals surface area contributed by atoms with Crippen LogP contribution in [0.3, 0.4) is 0 Å². The first-order valence-corrected chi connectivity index (χ1v) is 7.47. The highest BCUT2D eigenvalue weighted by atomic mass is 16.7. The lowest BCUT2D eigenvalue weighted by molar-refractivity contribution is -0.237. The van der Waals surface area contributed by atoms with Gasteiger partial charge in [-0.2, -0.15) is 0 Å². The Morgan fingerprint density at radius 2 is 2.14 bits per heavy atom. The van der Waals surface area contributed by atoms with E-state index in [0.29, 0.717) is 19.6 Å². The molecule has 0 aliphatic carbocycles. The molecular weight excluding hydrogens is 268 g/mol. The van der Waals surface area contributed by atoms with E-state index >= 15 is 0 Å². The average Bonchev–Trinajstić information content (AvgIpc) is 2.53. The third kappa shape index (κ3) is 5.59. The van der Waals surface area contributed by atoms with Crippen molar-refractivity contribution in [1.82, 2.24) is 0 Å². The van der Waals surface area contributed by atoms with E-state index in [1.807, 2.05) is 30.3 Å². The Morgan fingerprint density at radius 1 is 1.33 bits per heavy atom. The Labute approximate surface area is 126 Å². The molecule has 0 spiro atoms. The van der Waals surface area contributed by atoms with Gasteiger partial charge in [-0.25, -0.2) is 0 Å². The fourth-order valence-corrected chi connectivity index (χ4v) is 2.29. The molecule has 1 aromatic rings. The van der Waals surface area contributed by atoms with Gasteiger partial charge in [-0.3, -0.25) is 0 Å². The predicted octanol–water partition coefficient (Wildman–Crippen LogP) is 2.66. The number of benzene rings is 1. The van der Waals surface area contributed by atoms with Gasteiger partial charge in [-0.05, 0) is 24.8 Å². The summed E-state index contributed by atoms with van der Waals surface area (Å²) in [7, 11) is 0. The largest absolute Gasteiger partial charge is 0.390 e. The second kappa shape index (κ2) is 8.95. The fourth-order valence-electron chi connectivity index (χ4n) is 2.29. The van der Waals surface area contributed by atoms with Crippen molar-refractivity contribution >= 4 is 0 Å². The molecular formula is C17H24O4. The van der Waals surface area contributed by atoms with E-state index in [9.17, 15) is 5.11 Å². The topological polar surface area (TPSA) is 47.9 Å². The van der Waals surface area contributed by atoms with Gasteiger partial charge in [-0.15, -0.1) is 6.58 Å². The van der Waals surface area contributed by atoms with E-state index in [0.717, 1.165) is 18.4 Å². The maximum Gasteiger partial charge on any atom is 0.183 e. The van der Waals surface area contributed by atoms with Gasteiger partial charge in [0, 0.05) is 6.61 Å². The van der Waals surface area contributed by atoms with Gasteiger partial charge >= 0.3 is 0 Å². The molecule has 2 rings (SSSR count). The van der Waals surface area contributed by atoms with E-state index in [-0.39, 0.29) is 12.7 Å². The van der Waals surface area contributed by atoms with Crippen molar-refractivity contribution < 1.29 is 19.3 Å². The van der Waals surface area contributed by atoms with Gasteiger partial charge in [0.05, 0.1) is 19.3 Å². The second-order valence-corrected chi connectivity index (χ2v) is 5.23. The van der Waals surface area contributed by atoms with Gasteiger partial charge in [0.25, 0.3) is 0 Å².